The van der Waals surface area contributed by atoms with Crippen LogP contribution in [-0.4, -0.2) is 57.9 Å². The van der Waals surface area contributed by atoms with Gasteiger partial charge in [-0.25, -0.2) is 0 Å². The molecule has 1 aromatic carbocycles. The van der Waals surface area contributed by atoms with E-state index in [1.807, 2.05) is 4.90 Å². The molecular formula is C14H17N5O4S. The third kappa shape index (κ3) is 3.28. The molecule has 0 N–H and O–H groups in total. The molecule has 128 valence electrons. The minimum Gasteiger partial charge on any atom is -0.362 e. The first-order valence-electron chi connectivity index (χ1n) is 7.59. The van der Waals surface area contributed by atoms with Crippen LogP contribution < -0.4 is 4.90 Å². The highest BCUT2D eigenvalue weighted by Gasteiger charge is 2.28. The lowest BCUT2D eigenvalue weighted by molar-refractivity contribution is -0.393. The predicted octanol–water partition coefficient (Wildman–Crippen LogP) is 2.12. The Balaban J connectivity index is 1.74. The van der Waals surface area contributed by atoms with Gasteiger partial charge in [0.15, 0.2) is 5.17 Å². The molecule has 0 amide bonds. The minimum absolute atomic E-state index is 0.223. The molecule has 1 fully saturated rings. The smallest absolute Gasteiger partial charge is 0.299 e. The topological polar surface area (TPSA) is 105 Å². The van der Waals surface area contributed by atoms with Crippen molar-refractivity contribution in [3.63, 3.8) is 0 Å². The van der Waals surface area contributed by atoms with Gasteiger partial charge in [0.2, 0.25) is 0 Å². The number of rotatable bonds is 3. The summed E-state index contributed by atoms with van der Waals surface area (Å²) in [6.45, 7) is 5.66. The molecule has 0 saturated carbocycles. The summed E-state index contributed by atoms with van der Waals surface area (Å²) in [5.41, 5.74) is -0.0618. The molecule has 0 aliphatic carbocycles. The molecule has 0 radical (unpaired) electrons. The number of piperazine rings is 1. The van der Waals surface area contributed by atoms with Gasteiger partial charge in [-0.3, -0.25) is 25.2 Å². The predicted molar refractivity (Wildman–Crippen MR) is 92.9 cm³/mol. The van der Waals surface area contributed by atoms with Crippen LogP contribution >= 0.6 is 11.8 Å². The van der Waals surface area contributed by atoms with Crippen molar-refractivity contribution in [1.82, 2.24) is 4.90 Å². The summed E-state index contributed by atoms with van der Waals surface area (Å²) in [5.74, 6) is 0. The van der Waals surface area contributed by atoms with E-state index in [0.717, 1.165) is 30.9 Å². The zero-order valence-corrected chi connectivity index (χ0v) is 13.9. The van der Waals surface area contributed by atoms with Crippen LogP contribution in [-0.2, 0) is 0 Å². The Kier molecular flexibility index (Phi) is 4.56. The van der Waals surface area contributed by atoms with Crippen LogP contribution in [0.15, 0.2) is 23.2 Å². The highest BCUT2D eigenvalue weighted by molar-refractivity contribution is 8.14. The highest BCUT2D eigenvalue weighted by atomic mass is 32.2. The average molecular weight is 351 g/mol. The maximum Gasteiger partial charge on any atom is 0.299 e. The molecule has 1 saturated heterocycles. The second-order valence-corrected chi connectivity index (χ2v) is 7.12. The zero-order chi connectivity index (χ0) is 17.3. The molecule has 2 aliphatic heterocycles. The second-order valence-electron chi connectivity index (χ2n) is 5.71. The van der Waals surface area contributed by atoms with Gasteiger partial charge in [0.05, 0.1) is 22.5 Å². The van der Waals surface area contributed by atoms with E-state index in [1.54, 1.807) is 11.8 Å². The third-order valence-electron chi connectivity index (χ3n) is 4.05. The monoisotopic (exact) mass is 351 g/mol. The quantitative estimate of drug-likeness (QED) is 0.606. The lowest BCUT2D eigenvalue weighted by Gasteiger charge is -2.36. The van der Waals surface area contributed by atoms with Crippen LogP contribution in [0.5, 0.6) is 0 Å². The number of anilines is 1. The van der Waals surface area contributed by atoms with Crippen LogP contribution in [0.25, 0.3) is 0 Å². The van der Waals surface area contributed by atoms with Gasteiger partial charge >= 0.3 is 0 Å². The van der Waals surface area contributed by atoms with Crippen molar-refractivity contribution in [2.45, 2.75) is 12.2 Å². The van der Waals surface area contributed by atoms with Crippen LogP contribution in [0, 0.1) is 20.2 Å². The first kappa shape index (κ1) is 16.5. The molecular weight excluding hydrogens is 334 g/mol. The van der Waals surface area contributed by atoms with Crippen molar-refractivity contribution < 1.29 is 9.85 Å². The minimum atomic E-state index is -0.620. The van der Waals surface area contributed by atoms with Crippen LogP contribution in [0.1, 0.15) is 6.92 Å². The summed E-state index contributed by atoms with van der Waals surface area (Å²) < 4.78 is 0. The first-order valence-corrected chi connectivity index (χ1v) is 8.47. The largest absolute Gasteiger partial charge is 0.362 e. The fourth-order valence-corrected chi connectivity index (χ4v) is 3.80. The van der Waals surface area contributed by atoms with Crippen molar-refractivity contribution in [3.05, 3.63) is 38.4 Å². The molecule has 2 heterocycles. The lowest BCUT2D eigenvalue weighted by Crippen LogP contribution is -2.48. The Morgan fingerprint density at radius 3 is 2.33 bits per heavy atom. The number of thioether (sulfide) groups is 1. The summed E-state index contributed by atoms with van der Waals surface area (Å²) >= 11 is 1.76. The molecule has 0 bridgehead atoms. The number of nitro groups is 2. The van der Waals surface area contributed by atoms with Crippen molar-refractivity contribution >= 4 is 34.0 Å². The Bertz CT molecular complexity index is 702. The normalized spacial score (nSPS) is 20.9. The molecule has 1 aromatic rings. The van der Waals surface area contributed by atoms with E-state index in [0.29, 0.717) is 24.0 Å². The maximum absolute atomic E-state index is 11.3. The third-order valence-corrected chi connectivity index (χ3v) is 5.20. The average Bonchev–Trinajstić information content (AvgIpc) is 3.01. The number of nitrogens with zero attached hydrogens (tertiary/aromatic N) is 5. The fourth-order valence-electron chi connectivity index (χ4n) is 2.81. The Morgan fingerprint density at radius 1 is 1.12 bits per heavy atom. The van der Waals surface area contributed by atoms with Gasteiger partial charge in [-0.2, -0.15) is 0 Å². The van der Waals surface area contributed by atoms with Gasteiger partial charge in [0, 0.05) is 37.5 Å². The van der Waals surface area contributed by atoms with E-state index in [1.165, 1.54) is 12.1 Å². The van der Waals surface area contributed by atoms with Crippen LogP contribution in [0.3, 0.4) is 0 Å². The van der Waals surface area contributed by atoms with E-state index in [4.69, 9.17) is 0 Å². The van der Waals surface area contributed by atoms with Crippen molar-refractivity contribution in [2.75, 3.05) is 37.6 Å². The van der Waals surface area contributed by atoms with Gasteiger partial charge < -0.3 is 9.80 Å². The maximum atomic E-state index is 11.3. The van der Waals surface area contributed by atoms with Crippen LogP contribution in [0.2, 0.25) is 0 Å². The van der Waals surface area contributed by atoms with Crippen molar-refractivity contribution in [3.8, 4) is 0 Å². The summed E-state index contributed by atoms with van der Waals surface area (Å²) in [4.78, 5) is 29.5. The zero-order valence-electron chi connectivity index (χ0n) is 13.1. The number of non-ortho nitro benzene ring substituents is 1. The van der Waals surface area contributed by atoms with E-state index in [-0.39, 0.29) is 11.4 Å². The number of amidine groups is 1. The fraction of sp³-hybridized carbons (Fsp3) is 0.500. The molecule has 1 atom stereocenters. The molecule has 10 heteroatoms. The van der Waals surface area contributed by atoms with E-state index < -0.39 is 9.85 Å². The Labute approximate surface area is 142 Å². The standard InChI is InChI=1S/C14H17N5O4S/c1-10-9-15-14(24-10)17-6-4-16(5-7-17)12-3-2-11(18(20)21)8-13(12)19(22)23/h2-3,8,10H,4-7,9H2,1H3. The molecule has 1 unspecified atom stereocenters. The molecule has 0 spiro atoms. The van der Waals surface area contributed by atoms with Gasteiger partial charge in [0.1, 0.15) is 5.69 Å². The van der Waals surface area contributed by atoms with Gasteiger partial charge in [-0.1, -0.05) is 18.7 Å². The number of aliphatic imine (C=N–C) groups is 1. The Hall–Kier alpha value is -2.36. The lowest BCUT2D eigenvalue weighted by atomic mass is 10.2. The van der Waals surface area contributed by atoms with Gasteiger partial charge in [-0.05, 0) is 6.07 Å². The van der Waals surface area contributed by atoms with E-state index >= 15 is 0 Å². The SMILES string of the molecule is CC1CN=C(N2CCN(c3ccc([N+](=O)[O-])cc3[N+](=O)[O-])CC2)S1. The number of benzene rings is 1. The number of hydrogen-bond acceptors (Lipinski definition) is 8. The van der Waals surface area contributed by atoms with E-state index in [9.17, 15) is 20.2 Å². The van der Waals surface area contributed by atoms with Crippen LogP contribution in [0.4, 0.5) is 17.1 Å². The van der Waals surface area contributed by atoms with Crippen molar-refractivity contribution in [2.24, 2.45) is 4.99 Å². The molecule has 0 aromatic heterocycles. The Morgan fingerprint density at radius 2 is 1.79 bits per heavy atom. The summed E-state index contributed by atoms with van der Waals surface area (Å²) in [7, 11) is 0. The molecule has 24 heavy (non-hydrogen) atoms. The first-order chi connectivity index (χ1) is 11.5. The summed E-state index contributed by atoms with van der Waals surface area (Å²) in [6, 6.07) is 3.81. The highest BCUT2D eigenvalue weighted by Crippen LogP contribution is 2.33. The summed E-state index contributed by atoms with van der Waals surface area (Å²) in [6.07, 6.45) is 0. The number of nitro benzene ring substituents is 2. The van der Waals surface area contributed by atoms with Crippen molar-refractivity contribution in [1.29, 1.82) is 0 Å². The van der Waals surface area contributed by atoms with Gasteiger partial charge in [0.25, 0.3) is 11.4 Å². The molecule has 3 rings (SSSR count). The number of hydrogen-bond donors (Lipinski definition) is 0. The second kappa shape index (κ2) is 6.63. The van der Waals surface area contributed by atoms with Gasteiger partial charge in [-0.15, -0.1) is 0 Å². The molecule has 2 aliphatic rings. The van der Waals surface area contributed by atoms with E-state index in [2.05, 4.69) is 16.8 Å². The summed E-state index contributed by atoms with van der Waals surface area (Å²) in [5, 5.41) is 23.6. The molecule has 9 nitrogen and oxygen atoms in total.